The maximum Gasteiger partial charge on any atom is 0.313 e. The van der Waals surface area contributed by atoms with E-state index in [1.54, 1.807) is 6.07 Å². The van der Waals surface area contributed by atoms with Crippen LogP contribution in [0.15, 0.2) is 23.4 Å². The molecular formula is C15H19FN2O2S. The van der Waals surface area contributed by atoms with Gasteiger partial charge in [0.1, 0.15) is 5.82 Å². The van der Waals surface area contributed by atoms with Crippen LogP contribution in [0.1, 0.15) is 26.7 Å². The summed E-state index contributed by atoms with van der Waals surface area (Å²) in [6.07, 6.45) is 2.07. The van der Waals surface area contributed by atoms with Gasteiger partial charge in [-0.1, -0.05) is 25.6 Å². The molecule has 0 aliphatic rings. The molecule has 0 fully saturated rings. The molecule has 0 saturated heterocycles. The van der Waals surface area contributed by atoms with Gasteiger partial charge in [0.25, 0.3) is 0 Å². The van der Waals surface area contributed by atoms with Crippen LogP contribution in [0.25, 0.3) is 11.0 Å². The van der Waals surface area contributed by atoms with E-state index in [0.29, 0.717) is 16.6 Å². The second-order valence-electron chi connectivity index (χ2n) is 5.40. The number of hydrogen-bond acceptors (Lipinski definition) is 3. The molecule has 6 heteroatoms. The quantitative estimate of drug-likeness (QED) is 0.791. The zero-order valence-corrected chi connectivity index (χ0v) is 13.0. The van der Waals surface area contributed by atoms with E-state index in [2.05, 4.69) is 18.8 Å². The summed E-state index contributed by atoms with van der Waals surface area (Å²) in [6, 6.07) is 4.51. The molecule has 0 saturated carbocycles. The average molecular weight is 310 g/mol. The van der Waals surface area contributed by atoms with Crippen LogP contribution in [0.4, 0.5) is 4.39 Å². The summed E-state index contributed by atoms with van der Waals surface area (Å²) in [5, 5.41) is 9.46. The highest BCUT2D eigenvalue weighted by Gasteiger charge is 2.13. The van der Waals surface area contributed by atoms with E-state index in [0.717, 1.165) is 24.9 Å². The lowest BCUT2D eigenvalue weighted by molar-refractivity contribution is -0.133. The molecule has 2 aromatic rings. The number of carboxylic acid groups (broad SMARTS) is 1. The molecular weight excluding hydrogens is 291 g/mol. The van der Waals surface area contributed by atoms with Crippen molar-refractivity contribution in [1.82, 2.24) is 9.55 Å². The van der Waals surface area contributed by atoms with Crippen LogP contribution in [0.3, 0.4) is 0 Å². The highest BCUT2D eigenvalue weighted by atomic mass is 32.2. The van der Waals surface area contributed by atoms with Crippen LogP contribution in [-0.4, -0.2) is 26.4 Å². The number of carboxylic acids is 1. The van der Waals surface area contributed by atoms with Crippen LogP contribution < -0.4 is 0 Å². The molecule has 0 aliphatic carbocycles. The lowest BCUT2D eigenvalue weighted by atomic mass is 10.1. The maximum atomic E-state index is 13.3. The van der Waals surface area contributed by atoms with Crippen molar-refractivity contribution in [2.75, 3.05) is 5.75 Å². The molecule has 0 spiro atoms. The van der Waals surface area contributed by atoms with Gasteiger partial charge in [0.15, 0.2) is 5.16 Å². The number of carbonyl (C=O) groups is 1. The Morgan fingerprint density at radius 3 is 2.90 bits per heavy atom. The predicted molar refractivity (Wildman–Crippen MR) is 82.1 cm³/mol. The zero-order valence-electron chi connectivity index (χ0n) is 12.2. The van der Waals surface area contributed by atoms with Crippen molar-refractivity contribution in [2.45, 2.75) is 38.4 Å². The first-order valence-electron chi connectivity index (χ1n) is 6.97. The first-order chi connectivity index (χ1) is 9.97. The van der Waals surface area contributed by atoms with Crippen molar-refractivity contribution >= 4 is 28.8 Å². The van der Waals surface area contributed by atoms with Gasteiger partial charge in [-0.05, 0) is 30.9 Å². The van der Waals surface area contributed by atoms with Crippen LogP contribution in [0, 0.1) is 11.7 Å². The molecule has 0 atom stereocenters. The Morgan fingerprint density at radius 2 is 2.24 bits per heavy atom. The van der Waals surface area contributed by atoms with Crippen molar-refractivity contribution in [3.8, 4) is 0 Å². The SMILES string of the molecule is CC(C)CCCn1c(SCC(=O)O)nc2cc(F)ccc21. The number of benzene rings is 1. The molecule has 0 radical (unpaired) electrons. The Bertz CT molecular complexity index is 640. The van der Waals surface area contributed by atoms with Gasteiger partial charge in [-0.15, -0.1) is 0 Å². The number of aromatic nitrogens is 2. The van der Waals surface area contributed by atoms with E-state index in [9.17, 15) is 9.18 Å². The third kappa shape index (κ3) is 4.20. The third-order valence-corrected chi connectivity index (χ3v) is 4.12. The molecule has 1 aromatic heterocycles. The van der Waals surface area contributed by atoms with Crippen molar-refractivity contribution in [2.24, 2.45) is 5.92 Å². The highest BCUT2D eigenvalue weighted by molar-refractivity contribution is 7.99. The van der Waals surface area contributed by atoms with Gasteiger partial charge in [-0.25, -0.2) is 9.37 Å². The topological polar surface area (TPSA) is 55.1 Å². The minimum Gasteiger partial charge on any atom is -0.481 e. The highest BCUT2D eigenvalue weighted by Crippen LogP contribution is 2.25. The summed E-state index contributed by atoms with van der Waals surface area (Å²) < 4.78 is 15.3. The van der Waals surface area contributed by atoms with E-state index in [1.165, 1.54) is 23.9 Å². The van der Waals surface area contributed by atoms with E-state index in [4.69, 9.17) is 5.11 Å². The fraction of sp³-hybridized carbons (Fsp3) is 0.467. The lowest BCUT2D eigenvalue weighted by Gasteiger charge is -2.09. The molecule has 0 unspecified atom stereocenters. The predicted octanol–water partition coefficient (Wildman–Crippen LogP) is 3.79. The van der Waals surface area contributed by atoms with Crippen LogP contribution >= 0.6 is 11.8 Å². The molecule has 0 bridgehead atoms. The first kappa shape index (κ1) is 15.8. The summed E-state index contributed by atoms with van der Waals surface area (Å²) >= 11 is 1.18. The van der Waals surface area contributed by atoms with Crippen LogP contribution in [0.2, 0.25) is 0 Å². The summed E-state index contributed by atoms with van der Waals surface area (Å²) in [6.45, 7) is 5.10. The molecule has 1 N–H and O–H groups in total. The van der Waals surface area contributed by atoms with Gasteiger partial charge in [0.05, 0.1) is 16.8 Å². The number of nitrogens with zero attached hydrogens (tertiary/aromatic N) is 2. The molecule has 21 heavy (non-hydrogen) atoms. The Kier molecular flexibility index (Phi) is 5.22. The summed E-state index contributed by atoms with van der Waals surface area (Å²) in [7, 11) is 0. The Hall–Kier alpha value is -1.56. The summed E-state index contributed by atoms with van der Waals surface area (Å²) in [5.74, 6) is -0.640. The van der Waals surface area contributed by atoms with Crippen molar-refractivity contribution in [1.29, 1.82) is 0 Å². The van der Waals surface area contributed by atoms with Crippen molar-refractivity contribution in [3.63, 3.8) is 0 Å². The number of aryl methyl sites for hydroxylation is 1. The number of hydrogen-bond donors (Lipinski definition) is 1. The number of thioether (sulfide) groups is 1. The van der Waals surface area contributed by atoms with Gasteiger partial charge in [0, 0.05) is 12.6 Å². The second-order valence-corrected chi connectivity index (χ2v) is 6.34. The standard InChI is InChI=1S/C15H19FN2O2S/c1-10(2)4-3-7-18-13-6-5-11(16)8-12(13)17-15(18)21-9-14(19)20/h5-6,8,10H,3-4,7,9H2,1-2H3,(H,19,20). The minimum atomic E-state index is -0.882. The lowest BCUT2D eigenvalue weighted by Crippen LogP contribution is -2.04. The molecule has 1 aromatic carbocycles. The van der Waals surface area contributed by atoms with Gasteiger partial charge < -0.3 is 9.67 Å². The Labute approximate surface area is 127 Å². The monoisotopic (exact) mass is 310 g/mol. The van der Waals surface area contributed by atoms with Crippen LogP contribution in [-0.2, 0) is 11.3 Å². The summed E-state index contributed by atoms with van der Waals surface area (Å²) in [5.41, 5.74) is 1.43. The number of halogens is 1. The smallest absolute Gasteiger partial charge is 0.313 e. The van der Waals surface area contributed by atoms with Gasteiger partial charge in [-0.2, -0.15) is 0 Å². The first-order valence-corrected chi connectivity index (χ1v) is 7.96. The Balaban J connectivity index is 2.27. The van der Waals surface area contributed by atoms with E-state index >= 15 is 0 Å². The summed E-state index contributed by atoms with van der Waals surface area (Å²) in [4.78, 5) is 15.1. The number of aliphatic carboxylic acids is 1. The molecule has 114 valence electrons. The Morgan fingerprint density at radius 1 is 1.48 bits per heavy atom. The average Bonchev–Trinajstić information content (AvgIpc) is 2.73. The van der Waals surface area contributed by atoms with Crippen molar-refractivity contribution < 1.29 is 14.3 Å². The van der Waals surface area contributed by atoms with Crippen molar-refractivity contribution in [3.05, 3.63) is 24.0 Å². The number of imidazole rings is 1. The zero-order chi connectivity index (χ0) is 15.4. The number of fused-ring (bicyclic) bond motifs is 1. The normalized spacial score (nSPS) is 11.4. The third-order valence-electron chi connectivity index (χ3n) is 3.16. The number of rotatable bonds is 7. The van der Waals surface area contributed by atoms with E-state index in [1.807, 2.05) is 4.57 Å². The second kappa shape index (κ2) is 6.93. The molecule has 2 rings (SSSR count). The molecule has 0 amide bonds. The van der Waals surface area contributed by atoms with Gasteiger partial charge in [0.2, 0.25) is 0 Å². The maximum absolute atomic E-state index is 13.3. The fourth-order valence-electron chi connectivity index (χ4n) is 2.19. The van der Waals surface area contributed by atoms with E-state index in [-0.39, 0.29) is 11.6 Å². The molecule has 4 nitrogen and oxygen atoms in total. The van der Waals surface area contributed by atoms with E-state index < -0.39 is 5.97 Å². The molecule has 0 aliphatic heterocycles. The molecule has 1 heterocycles. The fourth-order valence-corrected chi connectivity index (χ4v) is 2.95. The largest absolute Gasteiger partial charge is 0.481 e. The van der Waals surface area contributed by atoms with Gasteiger partial charge >= 0.3 is 5.97 Å². The minimum absolute atomic E-state index is 0.0457. The van der Waals surface area contributed by atoms with Gasteiger partial charge in [-0.3, -0.25) is 4.79 Å². The van der Waals surface area contributed by atoms with Crippen LogP contribution in [0.5, 0.6) is 0 Å².